The van der Waals surface area contributed by atoms with E-state index in [-0.39, 0.29) is 5.56 Å². The molecule has 0 amide bonds. The van der Waals surface area contributed by atoms with Crippen molar-refractivity contribution in [1.29, 1.82) is 0 Å². The van der Waals surface area contributed by atoms with E-state index in [1.807, 2.05) is 0 Å². The number of alkyl halides is 3. The van der Waals surface area contributed by atoms with Crippen molar-refractivity contribution in [3.05, 3.63) is 58.2 Å². The Kier molecular flexibility index (Phi) is 3.95. The topological polar surface area (TPSA) is 46.0 Å². The number of aliphatic hydroxyl groups is 1. The molecular weight excluding hydrogens is 288 g/mol. The second-order valence-electron chi connectivity index (χ2n) is 4.67. The zero-order chi connectivity index (χ0) is 15.8. The van der Waals surface area contributed by atoms with E-state index in [0.29, 0.717) is 29.1 Å². The predicted octanol–water partition coefficient (Wildman–Crippen LogP) is 3.33. The van der Waals surface area contributed by atoms with E-state index in [9.17, 15) is 22.7 Å². The van der Waals surface area contributed by atoms with Crippen LogP contribution in [-0.4, -0.2) is 15.3 Å². The number of aromatic nitrogens is 2. The van der Waals surface area contributed by atoms with Gasteiger partial charge in [-0.05, 0) is 37.6 Å². The molecule has 3 nitrogen and oxygen atoms in total. The maximum Gasteiger partial charge on any atom is 0.419 e. The van der Waals surface area contributed by atoms with Gasteiger partial charge in [-0.2, -0.15) is 23.4 Å². The monoisotopic (exact) mass is 300 g/mol. The molecule has 2 rings (SSSR count). The summed E-state index contributed by atoms with van der Waals surface area (Å²) in [5.74, 6) is -1.38. The Bertz CT molecular complexity index is 671. The average molecular weight is 300 g/mol. The summed E-state index contributed by atoms with van der Waals surface area (Å²) in [7, 11) is 0. The highest BCUT2D eigenvalue weighted by atomic mass is 19.4. The Hall–Kier alpha value is -2.02. The van der Waals surface area contributed by atoms with Crippen LogP contribution < -0.4 is 0 Å². The molecule has 0 spiro atoms. The van der Waals surface area contributed by atoms with E-state index in [4.69, 9.17) is 0 Å². The molecule has 0 saturated heterocycles. The molecule has 0 bridgehead atoms. The number of hydrogen-bond acceptors (Lipinski definition) is 3. The highest BCUT2D eigenvalue weighted by molar-refractivity contribution is 5.36. The fraction of sp³-hybridized carbons (Fsp3) is 0.286. The van der Waals surface area contributed by atoms with E-state index in [1.165, 1.54) is 6.07 Å². The third kappa shape index (κ3) is 3.18. The van der Waals surface area contributed by atoms with Crippen LogP contribution in [0.2, 0.25) is 0 Å². The predicted molar refractivity (Wildman–Crippen MR) is 67.0 cm³/mol. The van der Waals surface area contributed by atoms with Gasteiger partial charge >= 0.3 is 6.18 Å². The van der Waals surface area contributed by atoms with E-state index >= 15 is 0 Å². The van der Waals surface area contributed by atoms with Gasteiger partial charge in [-0.25, -0.2) is 4.39 Å². The second kappa shape index (κ2) is 5.40. The minimum Gasteiger partial charge on any atom is -0.384 e. The molecule has 0 radical (unpaired) electrons. The van der Waals surface area contributed by atoms with Gasteiger partial charge in [0.25, 0.3) is 0 Å². The van der Waals surface area contributed by atoms with Crippen LogP contribution in [0.15, 0.2) is 24.3 Å². The third-order valence-corrected chi connectivity index (χ3v) is 3.05. The molecule has 0 saturated carbocycles. The second-order valence-corrected chi connectivity index (χ2v) is 4.67. The van der Waals surface area contributed by atoms with Crippen molar-refractivity contribution < 1.29 is 22.7 Å². The summed E-state index contributed by atoms with van der Waals surface area (Å²) in [6.07, 6.45) is -6.15. The first-order valence-corrected chi connectivity index (χ1v) is 6.05. The SMILES string of the molecule is Cc1cc(C(O)c2ccc(F)c(C(F)(F)F)c2)c(C)nn1. The molecule has 1 aromatic heterocycles. The normalized spacial score (nSPS) is 13.3. The number of rotatable bonds is 2. The number of aryl methyl sites for hydroxylation is 2. The van der Waals surface area contributed by atoms with Crippen LogP contribution >= 0.6 is 0 Å². The summed E-state index contributed by atoms with van der Waals surface area (Å²) >= 11 is 0. The lowest BCUT2D eigenvalue weighted by molar-refractivity contribution is -0.140. The summed E-state index contributed by atoms with van der Waals surface area (Å²) in [6, 6.07) is 3.95. The van der Waals surface area contributed by atoms with Gasteiger partial charge in [0.1, 0.15) is 11.9 Å². The van der Waals surface area contributed by atoms with Crippen molar-refractivity contribution >= 4 is 0 Å². The van der Waals surface area contributed by atoms with Crippen LogP contribution in [0.1, 0.15) is 34.2 Å². The summed E-state index contributed by atoms with van der Waals surface area (Å²) < 4.78 is 51.3. The van der Waals surface area contributed by atoms with Gasteiger partial charge in [0, 0.05) is 5.56 Å². The molecule has 112 valence electrons. The van der Waals surface area contributed by atoms with Gasteiger partial charge in [-0.3, -0.25) is 0 Å². The van der Waals surface area contributed by atoms with E-state index in [1.54, 1.807) is 13.8 Å². The molecule has 1 unspecified atom stereocenters. The number of halogens is 4. The molecule has 0 fully saturated rings. The highest BCUT2D eigenvalue weighted by Gasteiger charge is 2.34. The Morgan fingerprint density at radius 3 is 2.38 bits per heavy atom. The van der Waals surface area contributed by atoms with Gasteiger partial charge < -0.3 is 5.11 Å². The molecule has 2 aromatic rings. The van der Waals surface area contributed by atoms with Crippen LogP contribution in [0.25, 0.3) is 0 Å². The molecule has 0 aliphatic rings. The average Bonchev–Trinajstić information content (AvgIpc) is 2.40. The molecule has 1 atom stereocenters. The molecule has 1 aromatic carbocycles. The Balaban J connectivity index is 2.49. The maximum atomic E-state index is 13.3. The number of hydrogen-bond donors (Lipinski definition) is 1. The van der Waals surface area contributed by atoms with Crippen molar-refractivity contribution in [2.45, 2.75) is 26.1 Å². The maximum absolute atomic E-state index is 13.3. The quantitative estimate of drug-likeness (QED) is 0.865. The Labute approximate surface area is 118 Å². The Morgan fingerprint density at radius 2 is 1.76 bits per heavy atom. The smallest absolute Gasteiger partial charge is 0.384 e. The number of aliphatic hydroxyl groups excluding tert-OH is 1. The van der Waals surface area contributed by atoms with E-state index < -0.39 is 23.7 Å². The van der Waals surface area contributed by atoms with Gasteiger partial charge in [-0.15, -0.1) is 0 Å². The summed E-state index contributed by atoms with van der Waals surface area (Å²) in [5.41, 5.74) is -0.212. The highest BCUT2D eigenvalue weighted by Crippen LogP contribution is 2.34. The minimum atomic E-state index is -4.82. The number of benzene rings is 1. The first-order valence-electron chi connectivity index (χ1n) is 6.05. The van der Waals surface area contributed by atoms with Crippen LogP contribution in [0.4, 0.5) is 17.6 Å². The van der Waals surface area contributed by atoms with Gasteiger partial charge in [0.2, 0.25) is 0 Å². The zero-order valence-electron chi connectivity index (χ0n) is 11.2. The van der Waals surface area contributed by atoms with Crippen molar-refractivity contribution in [2.24, 2.45) is 0 Å². The number of nitrogens with zero attached hydrogens (tertiary/aromatic N) is 2. The molecular formula is C14H12F4N2O. The molecule has 0 aliphatic carbocycles. The fourth-order valence-electron chi connectivity index (χ4n) is 1.96. The van der Waals surface area contributed by atoms with Gasteiger partial charge in [-0.1, -0.05) is 6.07 Å². The van der Waals surface area contributed by atoms with Crippen molar-refractivity contribution in [2.75, 3.05) is 0 Å². The minimum absolute atomic E-state index is 0.0563. The standard InChI is InChI=1S/C14H12F4N2O/c1-7-5-10(8(2)20-19-7)13(21)9-3-4-12(15)11(6-9)14(16,17)18/h3-6,13,21H,1-2H3. The van der Waals surface area contributed by atoms with Crippen LogP contribution in [0.3, 0.4) is 0 Å². The first-order chi connectivity index (χ1) is 9.70. The molecule has 1 N–H and O–H groups in total. The third-order valence-electron chi connectivity index (χ3n) is 3.05. The summed E-state index contributed by atoms with van der Waals surface area (Å²) in [5, 5.41) is 17.8. The van der Waals surface area contributed by atoms with Crippen LogP contribution in [-0.2, 0) is 6.18 Å². The lowest BCUT2D eigenvalue weighted by atomic mass is 9.98. The zero-order valence-corrected chi connectivity index (χ0v) is 11.2. The van der Waals surface area contributed by atoms with Gasteiger partial charge in [0.05, 0.1) is 17.0 Å². The molecule has 21 heavy (non-hydrogen) atoms. The summed E-state index contributed by atoms with van der Waals surface area (Å²) in [4.78, 5) is 0. The van der Waals surface area contributed by atoms with Crippen molar-refractivity contribution in [1.82, 2.24) is 10.2 Å². The molecule has 7 heteroatoms. The van der Waals surface area contributed by atoms with Crippen LogP contribution in [0.5, 0.6) is 0 Å². The fourth-order valence-corrected chi connectivity index (χ4v) is 1.96. The first kappa shape index (κ1) is 15.4. The lowest BCUT2D eigenvalue weighted by Gasteiger charge is -2.16. The molecule has 1 heterocycles. The van der Waals surface area contributed by atoms with Crippen LogP contribution in [0, 0.1) is 19.7 Å². The largest absolute Gasteiger partial charge is 0.419 e. The van der Waals surface area contributed by atoms with Crippen molar-refractivity contribution in [3.63, 3.8) is 0 Å². The molecule has 0 aliphatic heterocycles. The van der Waals surface area contributed by atoms with Gasteiger partial charge in [0.15, 0.2) is 0 Å². The lowest BCUT2D eigenvalue weighted by Crippen LogP contribution is -2.11. The summed E-state index contributed by atoms with van der Waals surface area (Å²) in [6.45, 7) is 3.23. The van der Waals surface area contributed by atoms with E-state index in [0.717, 1.165) is 6.07 Å². The van der Waals surface area contributed by atoms with Crippen molar-refractivity contribution in [3.8, 4) is 0 Å². The van der Waals surface area contributed by atoms with E-state index in [2.05, 4.69) is 10.2 Å². The Morgan fingerprint density at radius 1 is 1.10 bits per heavy atom.